The van der Waals surface area contributed by atoms with Crippen LogP contribution >= 0.6 is 0 Å². The average Bonchev–Trinajstić information content (AvgIpc) is 2.69. The fourth-order valence-corrected chi connectivity index (χ4v) is 2.53. The van der Waals surface area contributed by atoms with Crippen molar-refractivity contribution in [3.05, 3.63) is 59.2 Å². The Bertz CT molecular complexity index is 768. The third kappa shape index (κ3) is 7.15. The molecule has 2 N–H and O–H groups in total. The number of methoxy groups -OCH3 is 1. The predicted octanol–water partition coefficient (Wildman–Crippen LogP) is 3.20. The van der Waals surface area contributed by atoms with E-state index in [2.05, 4.69) is 20.6 Å². The van der Waals surface area contributed by atoms with Crippen LogP contribution in [0.2, 0.25) is 0 Å². The third-order valence-electron chi connectivity index (χ3n) is 3.98. The number of hydrogen-bond acceptors (Lipinski definition) is 4. The molecule has 0 bridgehead atoms. The topological polar surface area (TPSA) is 67.8 Å². The number of halogens is 1. The fourth-order valence-electron chi connectivity index (χ4n) is 2.53. The van der Waals surface area contributed by atoms with E-state index in [0.717, 1.165) is 23.3 Å². The smallest absolute Gasteiger partial charge is 0.191 e. The Morgan fingerprint density at radius 2 is 2.07 bits per heavy atom. The number of rotatable bonds is 10. The second kappa shape index (κ2) is 11.9. The van der Waals surface area contributed by atoms with Crippen molar-refractivity contribution in [3.63, 3.8) is 0 Å². The number of aryl methyl sites for hydroxylation is 1. The number of aliphatic imine (C=N–C) groups is 1. The molecule has 0 unspecified atom stereocenters. The zero-order valence-electron chi connectivity index (χ0n) is 16.8. The van der Waals surface area contributed by atoms with E-state index in [1.54, 1.807) is 19.4 Å². The first kappa shape index (κ1) is 21.6. The van der Waals surface area contributed by atoms with Crippen molar-refractivity contribution in [1.29, 1.82) is 0 Å². The van der Waals surface area contributed by atoms with E-state index in [4.69, 9.17) is 9.47 Å². The van der Waals surface area contributed by atoms with Gasteiger partial charge in [-0.1, -0.05) is 12.1 Å². The molecule has 6 nitrogen and oxygen atoms in total. The Hall–Kier alpha value is -2.67. The summed E-state index contributed by atoms with van der Waals surface area (Å²) >= 11 is 0. The van der Waals surface area contributed by atoms with E-state index in [1.165, 1.54) is 6.07 Å². The van der Waals surface area contributed by atoms with Crippen LogP contribution in [0.3, 0.4) is 0 Å². The summed E-state index contributed by atoms with van der Waals surface area (Å²) in [6.07, 6.45) is 2.40. The summed E-state index contributed by atoms with van der Waals surface area (Å²) in [5.41, 5.74) is 2.47. The summed E-state index contributed by atoms with van der Waals surface area (Å²) in [5.74, 6) is 1.08. The SMILES string of the molecule is CCNC(=NCc1ccc(C)cc1OCCCOC)NCc1ncccc1F. The molecule has 7 heteroatoms. The maximum atomic E-state index is 13.8. The predicted molar refractivity (Wildman–Crippen MR) is 109 cm³/mol. The maximum Gasteiger partial charge on any atom is 0.191 e. The lowest BCUT2D eigenvalue weighted by atomic mass is 10.1. The summed E-state index contributed by atoms with van der Waals surface area (Å²) in [4.78, 5) is 8.65. The quantitative estimate of drug-likeness (QED) is 0.372. The van der Waals surface area contributed by atoms with E-state index in [1.807, 2.05) is 32.0 Å². The van der Waals surface area contributed by atoms with Crippen molar-refractivity contribution >= 4 is 5.96 Å². The minimum Gasteiger partial charge on any atom is -0.493 e. The van der Waals surface area contributed by atoms with Gasteiger partial charge in [0, 0.05) is 38.4 Å². The van der Waals surface area contributed by atoms with Gasteiger partial charge in [0.05, 0.1) is 25.4 Å². The van der Waals surface area contributed by atoms with Crippen LogP contribution in [-0.4, -0.2) is 37.8 Å². The molecule has 0 aliphatic carbocycles. The molecule has 28 heavy (non-hydrogen) atoms. The van der Waals surface area contributed by atoms with Crippen molar-refractivity contribution in [3.8, 4) is 5.75 Å². The maximum absolute atomic E-state index is 13.8. The van der Waals surface area contributed by atoms with Crippen molar-refractivity contribution in [2.75, 3.05) is 26.9 Å². The molecule has 0 aliphatic rings. The molecule has 0 saturated carbocycles. The van der Waals surface area contributed by atoms with Gasteiger partial charge in [-0.2, -0.15) is 0 Å². The molecule has 0 fully saturated rings. The highest BCUT2D eigenvalue weighted by molar-refractivity contribution is 5.79. The fraction of sp³-hybridized carbons (Fsp3) is 0.429. The lowest BCUT2D eigenvalue weighted by molar-refractivity contribution is 0.172. The van der Waals surface area contributed by atoms with E-state index < -0.39 is 0 Å². The number of benzene rings is 1. The molecule has 0 saturated heterocycles. The number of hydrogen-bond donors (Lipinski definition) is 2. The van der Waals surface area contributed by atoms with Gasteiger partial charge in [0.15, 0.2) is 5.96 Å². The number of nitrogens with zero attached hydrogens (tertiary/aromatic N) is 2. The minimum atomic E-state index is -0.337. The molecule has 0 atom stereocenters. The molecule has 0 amide bonds. The van der Waals surface area contributed by atoms with Crippen LogP contribution in [0.5, 0.6) is 5.75 Å². The molecule has 1 aromatic heterocycles. The molecule has 1 heterocycles. The summed E-state index contributed by atoms with van der Waals surface area (Å²) in [6.45, 7) is 6.66. The highest BCUT2D eigenvalue weighted by Gasteiger charge is 2.07. The highest BCUT2D eigenvalue weighted by Crippen LogP contribution is 2.21. The normalized spacial score (nSPS) is 11.4. The van der Waals surface area contributed by atoms with Crippen LogP contribution in [0.1, 0.15) is 30.2 Å². The van der Waals surface area contributed by atoms with Gasteiger partial charge in [0.25, 0.3) is 0 Å². The molecule has 152 valence electrons. The molecule has 0 aliphatic heterocycles. The Balaban J connectivity index is 2.03. The number of nitrogens with one attached hydrogen (secondary N) is 2. The minimum absolute atomic E-state index is 0.257. The van der Waals surface area contributed by atoms with E-state index >= 15 is 0 Å². The monoisotopic (exact) mass is 388 g/mol. The van der Waals surface area contributed by atoms with Gasteiger partial charge in [-0.05, 0) is 37.6 Å². The Labute approximate surface area is 166 Å². The van der Waals surface area contributed by atoms with Gasteiger partial charge in [0.1, 0.15) is 11.6 Å². The molecule has 1 aromatic carbocycles. The van der Waals surface area contributed by atoms with Crippen molar-refractivity contribution in [1.82, 2.24) is 15.6 Å². The second-order valence-corrected chi connectivity index (χ2v) is 6.29. The molecule has 2 rings (SSSR count). The molecule has 2 aromatic rings. The number of pyridine rings is 1. The van der Waals surface area contributed by atoms with Crippen LogP contribution in [0.25, 0.3) is 0 Å². The molecular weight excluding hydrogens is 359 g/mol. The van der Waals surface area contributed by atoms with Gasteiger partial charge >= 0.3 is 0 Å². The van der Waals surface area contributed by atoms with Gasteiger partial charge in [-0.15, -0.1) is 0 Å². The Kier molecular flexibility index (Phi) is 9.21. The highest BCUT2D eigenvalue weighted by atomic mass is 19.1. The van der Waals surface area contributed by atoms with E-state index in [9.17, 15) is 4.39 Å². The van der Waals surface area contributed by atoms with Gasteiger partial charge in [-0.25, -0.2) is 9.38 Å². The summed E-state index contributed by atoms with van der Waals surface area (Å²) < 4.78 is 24.7. The van der Waals surface area contributed by atoms with Crippen LogP contribution in [0.15, 0.2) is 41.5 Å². The second-order valence-electron chi connectivity index (χ2n) is 6.29. The van der Waals surface area contributed by atoms with Gasteiger partial charge in [-0.3, -0.25) is 4.98 Å². The van der Waals surface area contributed by atoms with Crippen LogP contribution in [0, 0.1) is 12.7 Å². The zero-order valence-corrected chi connectivity index (χ0v) is 16.8. The third-order valence-corrected chi connectivity index (χ3v) is 3.98. The van der Waals surface area contributed by atoms with E-state index in [-0.39, 0.29) is 12.4 Å². The number of aromatic nitrogens is 1. The zero-order chi connectivity index (χ0) is 20.2. The van der Waals surface area contributed by atoms with Crippen molar-refractivity contribution < 1.29 is 13.9 Å². The first-order valence-corrected chi connectivity index (χ1v) is 9.47. The van der Waals surface area contributed by atoms with Crippen LogP contribution < -0.4 is 15.4 Å². The average molecular weight is 388 g/mol. The summed E-state index contributed by atoms with van der Waals surface area (Å²) in [5, 5.41) is 6.28. The standard InChI is InChI=1S/C21H29FN4O2/c1-4-23-21(26-15-19-18(22)7-5-10-24-19)25-14-17-9-8-16(2)13-20(17)28-12-6-11-27-3/h5,7-10,13H,4,6,11-12,14-15H2,1-3H3,(H2,23,25,26). The first-order chi connectivity index (χ1) is 13.6. The Morgan fingerprint density at radius 3 is 2.82 bits per heavy atom. The van der Waals surface area contributed by atoms with Crippen LogP contribution in [-0.2, 0) is 17.8 Å². The van der Waals surface area contributed by atoms with Crippen molar-refractivity contribution in [2.24, 2.45) is 4.99 Å². The largest absolute Gasteiger partial charge is 0.493 e. The van der Waals surface area contributed by atoms with Crippen LogP contribution in [0.4, 0.5) is 4.39 Å². The molecule has 0 radical (unpaired) electrons. The van der Waals surface area contributed by atoms with Gasteiger partial charge in [0.2, 0.25) is 0 Å². The summed E-state index contributed by atoms with van der Waals surface area (Å²) in [6, 6.07) is 9.04. The molecule has 0 spiro atoms. The molecular formula is C21H29FN4O2. The lowest BCUT2D eigenvalue weighted by Gasteiger charge is -2.14. The lowest BCUT2D eigenvalue weighted by Crippen LogP contribution is -2.37. The van der Waals surface area contributed by atoms with E-state index in [0.29, 0.717) is 38.0 Å². The first-order valence-electron chi connectivity index (χ1n) is 9.47. The number of guanidine groups is 1. The number of ether oxygens (including phenoxy) is 2. The Morgan fingerprint density at radius 1 is 1.21 bits per heavy atom. The van der Waals surface area contributed by atoms with Gasteiger partial charge < -0.3 is 20.1 Å². The van der Waals surface area contributed by atoms with Crippen molar-refractivity contribution in [2.45, 2.75) is 33.4 Å². The summed E-state index contributed by atoms with van der Waals surface area (Å²) in [7, 11) is 1.68.